The molecule has 0 aromatic carbocycles. The van der Waals surface area contributed by atoms with Gasteiger partial charge in [0, 0.05) is 24.5 Å². The van der Waals surface area contributed by atoms with E-state index >= 15 is 0 Å². The van der Waals surface area contributed by atoms with Gasteiger partial charge in [-0.15, -0.1) is 0 Å². The summed E-state index contributed by atoms with van der Waals surface area (Å²) in [6, 6.07) is 1.86. The van der Waals surface area contributed by atoms with Crippen molar-refractivity contribution in [2.24, 2.45) is 7.05 Å². The number of fused-ring (bicyclic) bond motifs is 2. The molecule has 0 saturated carbocycles. The summed E-state index contributed by atoms with van der Waals surface area (Å²) in [7, 11) is 2.31. The van der Waals surface area contributed by atoms with Crippen LogP contribution in [0.1, 0.15) is 17.7 Å². The molecule has 0 radical (unpaired) electrons. The summed E-state index contributed by atoms with van der Waals surface area (Å²) in [4.78, 5) is 1.96. The molecular formula is C13H18N2O3S. The van der Waals surface area contributed by atoms with Crippen LogP contribution in [0, 0.1) is 0 Å². The molecule has 2 heterocycles. The lowest BCUT2D eigenvalue weighted by molar-refractivity contribution is 0.318. The van der Waals surface area contributed by atoms with Crippen molar-refractivity contribution in [2.75, 3.05) is 19.8 Å². The van der Waals surface area contributed by atoms with Gasteiger partial charge in [-0.2, -0.15) is 8.42 Å². The Morgan fingerprint density at radius 2 is 2.11 bits per heavy atom. The fraction of sp³-hybridized carbons (Fsp3) is 0.538. The van der Waals surface area contributed by atoms with Crippen molar-refractivity contribution in [2.45, 2.75) is 18.9 Å². The Bertz CT molecular complexity index is 655. The maximum absolute atomic E-state index is 11.9. The lowest BCUT2D eigenvalue weighted by Gasteiger charge is -2.34. The summed E-state index contributed by atoms with van der Waals surface area (Å²) < 4.78 is 31.2. The van der Waals surface area contributed by atoms with Gasteiger partial charge in [-0.1, -0.05) is 0 Å². The van der Waals surface area contributed by atoms with Gasteiger partial charge in [0.2, 0.25) is 0 Å². The van der Waals surface area contributed by atoms with Crippen molar-refractivity contribution >= 4 is 15.9 Å². The van der Waals surface area contributed by atoms with Gasteiger partial charge >= 0.3 is 10.1 Å². The molecule has 104 valence electrons. The average molecular weight is 282 g/mol. The summed E-state index contributed by atoms with van der Waals surface area (Å²) in [5, 5.41) is 0. The van der Waals surface area contributed by atoms with Crippen LogP contribution in [0.5, 0.6) is 0 Å². The molecule has 5 nitrogen and oxygen atoms in total. The minimum absolute atomic E-state index is 0.0427. The Morgan fingerprint density at radius 1 is 1.37 bits per heavy atom. The second-order valence-electron chi connectivity index (χ2n) is 5.43. The lowest BCUT2D eigenvalue weighted by Crippen LogP contribution is -2.41. The Balaban J connectivity index is 2.17. The molecule has 0 spiro atoms. The first-order valence-corrected chi connectivity index (χ1v) is 7.93. The quantitative estimate of drug-likeness (QED) is 0.720. The zero-order valence-electron chi connectivity index (χ0n) is 11.4. The first-order chi connectivity index (χ1) is 8.89. The van der Waals surface area contributed by atoms with Crippen molar-refractivity contribution in [3.05, 3.63) is 29.1 Å². The fourth-order valence-electron chi connectivity index (χ4n) is 2.95. The van der Waals surface area contributed by atoms with E-state index in [2.05, 4.69) is 0 Å². The molecule has 2 aliphatic rings. The number of aryl methyl sites for hydroxylation is 1. The van der Waals surface area contributed by atoms with Crippen LogP contribution in [0.15, 0.2) is 17.8 Å². The molecule has 1 atom stereocenters. The van der Waals surface area contributed by atoms with Crippen LogP contribution in [0.3, 0.4) is 0 Å². The number of hydrogen-bond donors (Lipinski definition) is 0. The Morgan fingerprint density at radius 3 is 2.79 bits per heavy atom. The number of aromatic nitrogens is 1. The Labute approximate surface area is 113 Å². The molecule has 1 aliphatic carbocycles. The summed E-state index contributed by atoms with van der Waals surface area (Å²) in [6.07, 6.45) is 3.75. The van der Waals surface area contributed by atoms with Crippen LogP contribution >= 0.6 is 0 Å². The predicted molar refractivity (Wildman–Crippen MR) is 73.0 cm³/mol. The fourth-order valence-corrected chi connectivity index (χ4v) is 4.36. The van der Waals surface area contributed by atoms with Gasteiger partial charge in [-0.3, -0.25) is 0 Å². The molecule has 1 aromatic heterocycles. The monoisotopic (exact) mass is 282 g/mol. The first-order valence-electron chi connectivity index (χ1n) is 6.35. The molecule has 1 unspecified atom stereocenters. The van der Waals surface area contributed by atoms with Gasteiger partial charge in [-0.25, -0.2) is 0 Å². The molecule has 0 fully saturated rings. The van der Waals surface area contributed by atoms with Crippen molar-refractivity contribution in [1.82, 2.24) is 9.47 Å². The highest BCUT2D eigenvalue weighted by Crippen LogP contribution is 2.39. The van der Waals surface area contributed by atoms with Gasteiger partial charge in [0.05, 0.1) is 6.04 Å². The zero-order chi connectivity index (χ0) is 13.8. The zero-order valence-corrected chi connectivity index (χ0v) is 12.2. The predicted octanol–water partition coefficient (Wildman–Crippen LogP) is 0.973. The van der Waals surface area contributed by atoms with E-state index in [0.717, 1.165) is 29.7 Å². The normalized spacial score (nSPS) is 24.9. The highest BCUT2D eigenvalue weighted by Gasteiger charge is 2.38. The maximum Gasteiger partial charge on any atom is 0.311 e. The summed E-state index contributed by atoms with van der Waals surface area (Å²) >= 11 is 0. The van der Waals surface area contributed by atoms with Crippen LogP contribution in [0.25, 0.3) is 5.76 Å². The largest absolute Gasteiger partial charge is 0.382 e. The van der Waals surface area contributed by atoms with Gasteiger partial charge in [0.1, 0.15) is 5.75 Å². The molecule has 0 N–H and O–H groups in total. The van der Waals surface area contributed by atoms with Gasteiger partial charge in [-0.05, 0) is 38.6 Å². The van der Waals surface area contributed by atoms with Crippen LogP contribution in [-0.4, -0.2) is 43.8 Å². The number of likely N-dealkylation sites (N-methyl/N-ethyl adjacent to an activating group) is 1. The van der Waals surface area contributed by atoms with E-state index in [9.17, 15) is 8.42 Å². The molecule has 19 heavy (non-hydrogen) atoms. The molecular weight excluding hydrogens is 264 g/mol. The molecule has 0 bridgehead atoms. The van der Waals surface area contributed by atoms with Crippen LogP contribution in [0.2, 0.25) is 0 Å². The SMILES string of the molecule is CN(C)C1CS(=O)(=O)OC2=C1CCc1c2ccn1C. The van der Waals surface area contributed by atoms with Crippen molar-refractivity contribution in [3.8, 4) is 0 Å². The van der Waals surface area contributed by atoms with E-state index in [0.29, 0.717) is 5.76 Å². The third-order valence-corrected chi connectivity index (χ3v) is 5.11. The standard InChI is InChI=1S/C13H18N2O3S/c1-14(2)12-8-19(16,17)18-13-9(12)4-5-11-10(13)6-7-15(11)3/h6-7,12H,4-5,8H2,1-3H3. The minimum atomic E-state index is -3.49. The summed E-state index contributed by atoms with van der Waals surface area (Å²) in [5.41, 5.74) is 3.19. The molecule has 1 aliphatic heterocycles. The van der Waals surface area contributed by atoms with Crippen molar-refractivity contribution < 1.29 is 12.6 Å². The molecule has 0 amide bonds. The van der Waals surface area contributed by atoms with Gasteiger partial charge < -0.3 is 13.7 Å². The molecule has 1 aromatic rings. The van der Waals surface area contributed by atoms with Crippen LogP contribution < -0.4 is 0 Å². The minimum Gasteiger partial charge on any atom is -0.382 e. The van der Waals surface area contributed by atoms with E-state index in [1.165, 1.54) is 0 Å². The Kier molecular flexibility index (Phi) is 2.76. The highest BCUT2D eigenvalue weighted by molar-refractivity contribution is 7.87. The third kappa shape index (κ3) is 1.99. The molecule has 0 saturated heterocycles. The topological polar surface area (TPSA) is 51.5 Å². The van der Waals surface area contributed by atoms with E-state index in [1.54, 1.807) is 0 Å². The van der Waals surface area contributed by atoms with Crippen LogP contribution in [0.4, 0.5) is 0 Å². The number of nitrogens with zero attached hydrogens (tertiary/aromatic N) is 2. The van der Waals surface area contributed by atoms with Crippen molar-refractivity contribution in [3.63, 3.8) is 0 Å². The van der Waals surface area contributed by atoms with Crippen molar-refractivity contribution in [1.29, 1.82) is 0 Å². The van der Waals surface area contributed by atoms with Gasteiger partial charge in [0.25, 0.3) is 0 Å². The average Bonchev–Trinajstić information content (AvgIpc) is 2.69. The van der Waals surface area contributed by atoms with E-state index in [4.69, 9.17) is 4.18 Å². The van der Waals surface area contributed by atoms with E-state index < -0.39 is 10.1 Å². The smallest absolute Gasteiger partial charge is 0.311 e. The second-order valence-corrected chi connectivity index (χ2v) is 7.04. The first kappa shape index (κ1) is 12.7. The molecule has 6 heteroatoms. The maximum atomic E-state index is 11.9. The van der Waals surface area contributed by atoms with E-state index in [1.807, 2.05) is 42.9 Å². The second kappa shape index (κ2) is 4.11. The van der Waals surface area contributed by atoms with E-state index in [-0.39, 0.29) is 11.8 Å². The third-order valence-electron chi connectivity index (χ3n) is 3.97. The number of hydrogen-bond acceptors (Lipinski definition) is 4. The lowest BCUT2D eigenvalue weighted by atomic mass is 9.91. The summed E-state index contributed by atoms with van der Waals surface area (Å²) in [6.45, 7) is 0. The molecule has 3 rings (SSSR count). The van der Waals surface area contributed by atoms with Gasteiger partial charge in [0.15, 0.2) is 5.76 Å². The number of rotatable bonds is 1. The van der Waals surface area contributed by atoms with Crippen LogP contribution in [-0.2, 0) is 27.8 Å². The highest BCUT2D eigenvalue weighted by atomic mass is 32.2. The summed E-state index contributed by atoms with van der Waals surface area (Å²) in [5.74, 6) is 0.605. The Hall–Kier alpha value is -1.27.